The van der Waals surface area contributed by atoms with E-state index in [2.05, 4.69) is 15.5 Å². The Kier molecular flexibility index (Phi) is 7.81. The summed E-state index contributed by atoms with van der Waals surface area (Å²) in [5.41, 5.74) is 0.825. The van der Waals surface area contributed by atoms with Crippen LogP contribution in [0.2, 0.25) is 0 Å². The summed E-state index contributed by atoms with van der Waals surface area (Å²) in [5, 5.41) is 5.95. The fraction of sp³-hybridized carbons (Fsp3) is 0.500. The molecule has 0 aliphatic rings. The van der Waals surface area contributed by atoms with Gasteiger partial charge in [0.05, 0.1) is 13.2 Å². The number of carbonyl (C=O) groups is 1. The molecular formula is C14H23N3O2. The Bertz CT molecular complexity index is 357. The molecule has 5 nitrogen and oxygen atoms in total. The summed E-state index contributed by atoms with van der Waals surface area (Å²) in [6.07, 6.45) is 0. The van der Waals surface area contributed by atoms with Crippen LogP contribution in [-0.2, 0) is 9.53 Å². The molecule has 5 heteroatoms. The van der Waals surface area contributed by atoms with Gasteiger partial charge in [-0.05, 0) is 19.2 Å². The van der Waals surface area contributed by atoms with Crippen molar-refractivity contribution in [2.24, 2.45) is 0 Å². The predicted octanol–water partition coefficient (Wildman–Crippen LogP) is 0.793. The van der Waals surface area contributed by atoms with Crippen molar-refractivity contribution in [2.75, 3.05) is 52.3 Å². The standard InChI is InChI=1S/C14H23N3O2/c1-17(10-11-19-2)9-8-15-12-14(18)16-13-6-4-3-5-7-13/h3-7,15H,8-12H2,1-2H3,(H,16,18). The maximum Gasteiger partial charge on any atom is 0.238 e. The first-order chi connectivity index (χ1) is 9.22. The summed E-state index contributed by atoms with van der Waals surface area (Å²) in [5.74, 6) is -0.0225. The molecule has 0 radical (unpaired) electrons. The van der Waals surface area contributed by atoms with Gasteiger partial charge < -0.3 is 20.3 Å². The van der Waals surface area contributed by atoms with E-state index in [4.69, 9.17) is 4.74 Å². The van der Waals surface area contributed by atoms with E-state index in [-0.39, 0.29) is 5.91 Å². The minimum atomic E-state index is -0.0225. The largest absolute Gasteiger partial charge is 0.383 e. The highest BCUT2D eigenvalue weighted by Crippen LogP contribution is 2.03. The molecule has 0 aromatic heterocycles. The second-order valence-electron chi connectivity index (χ2n) is 4.39. The highest BCUT2D eigenvalue weighted by molar-refractivity contribution is 5.92. The van der Waals surface area contributed by atoms with Crippen LogP contribution in [-0.4, -0.2) is 57.8 Å². The molecule has 106 valence electrons. The fourth-order valence-corrected chi connectivity index (χ4v) is 1.56. The number of rotatable bonds is 9. The van der Waals surface area contributed by atoms with Gasteiger partial charge in [0.25, 0.3) is 0 Å². The van der Waals surface area contributed by atoms with Crippen LogP contribution in [0.4, 0.5) is 5.69 Å². The molecule has 0 atom stereocenters. The number of nitrogens with one attached hydrogen (secondary N) is 2. The van der Waals surface area contributed by atoms with Gasteiger partial charge in [0.1, 0.15) is 0 Å². The minimum Gasteiger partial charge on any atom is -0.383 e. The van der Waals surface area contributed by atoms with Crippen LogP contribution in [0.3, 0.4) is 0 Å². The van der Waals surface area contributed by atoms with Gasteiger partial charge in [-0.1, -0.05) is 18.2 Å². The van der Waals surface area contributed by atoms with Crippen LogP contribution in [0.1, 0.15) is 0 Å². The van der Waals surface area contributed by atoms with E-state index in [0.29, 0.717) is 6.54 Å². The second-order valence-corrected chi connectivity index (χ2v) is 4.39. The van der Waals surface area contributed by atoms with E-state index < -0.39 is 0 Å². The normalized spacial score (nSPS) is 10.7. The molecule has 1 aromatic rings. The van der Waals surface area contributed by atoms with Crippen molar-refractivity contribution in [3.8, 4) is 0 Å². The van der Waals surface area contributed by atoms with E-state index in [9.17, 15) is 4.79 Å². The molecule has 0 unspecified atom stereocenters. The van der Waals surface area contributed by atoms with Gasteiger partial charge in [0.2, 0.25) is 5.91 Å². The molecule has 1 aromatic carbocycles. The topological polar surface area (TPSA) is 53.6 Å². The number of anilines is 1. The smallest absolute Gasteiger partial charge is 0.238 e. The van der Waals surface area contributed by atoms with Gasteiger partial charge in [-0.3, -0.25) is 4.79 Å². The van der Waals surface area contributed by atoms with Crippen LogP contribution in [0.15, 0.2) is 30.3 Å². The van der Waals surface area contributed by atoms with Gasteiger partial charge >= 0.3 is 0 Å². The maximum atomic E-state index is 11.6. The highest BCUT2D eigenvalue weighted by Gasteiger charge is 2.02. The van der Waals surface area contributed by atoms with Crippen LogP contribution >= 0.6 is 0 Å². The average Bonchev–Trinajstić information content (AvgIpc) is 2.42. The van der Waals surface area contributed by atoms with Gasteiger partial charge in [0.15, 0.2) is 0 Å². The van der Waals surface area contributed by atoms with Crippen molar-refractivity contribution in [3.05, 3.63) is 30.3 Å². The zero-order valence-electron chi connectivity index (χ0n) is 11.7. The number of carbonyl (C=O) groups excluding carboxylic acids is 1. The molecule has 0 aliphatic heterocycles. The van der Waals surface area contributed by atoms with Gasteiger partial charge in [0, 0.05) is 32.4 Å². The molecule has 0 saturated heterocycles. The first-order valence-electron chi connectivity index (χ1n) is 6.45. The van der Waals surface area contributed by atoms with E-state index in [0.717, 1.165) is 31.9 Å². The lowest BCUT2D eigenvalue weighted by Gasteiger charge is -2.16. The quantitative estimate of drug-likeness (QED) is 0.648. The monoisotopic (exact) mass is 265 g/mol. The molecule has 0 saturated carbocycles. The molecular weight excluding hydrogens is 242 g/mol. The first-order valence-corrected chi connectivity index (χ1v) is 6.45. The number of methoxy groups -OCH3 is 1. The number of hydrogen-bond donors (Lipinski definition) is 2. The Balaban J connectivity index is 2.07. The number of amides is 1. The number of nitrogens with zero attached hydrogens (tertiary/aromatic N) is 1. The zero-order chi connectivity index (χ0) is 13.9. The molecule has 2 N–H and O–H groups in total. The Morgan fingerprint density at radius 3 is 2.68 bits per heavy atom. The van der Waals surface area contributed by atoms with Crippen LogP contribution < -0.4 is 10.6 Å². The molecule has 19 heavy (non-hydrogen) atoms. The first kappa shape index (κ1) is 15.6. The van der Waals surface area contributed by atoms with E-state index in [1.807, 2.05) is 37.4 Å². The van der Waals surface area contributed by atoms with Crippen LogP contribution in [0, 0.1) is 0 Å². The lowest BCUT2D eigenvalue weighted by atomic mass is 10.3. The Morgan fingerprint density at radius 1 is 1.26 bits per heavy atom. The minimum absolute atomic E-state index is 0.0225. The molecule has 0 spiro atoms. The Morgan fingerprint density at radius 2 is 2.00 bits per heavy atom. The summed E-state index contributed by atoms with van der Waals surface area (Å²) in [4.78, 5) is 13.8. The van der Waals surface area contributed by atoms with Gasteiger partial charge in [-0.25, -0.2) is 0 Å². The number of benzene rings is 1. The Labute approximate surface area is 114 Å². The Hall–Kier alpha value is -1.43. The third kappa shape index (κ3) is 7.56. The van der Waals surface area contributed by atoms with Crippen LogP contribution in [0.25, 0.3) is 0 Å². The third-order valence-corrected chi connectivity index (χ3v) is 2.69. The number of likely N-dealkylation sites (N-methyl/N-ethyl adjacent to an activating group) is 1. The van der Waals surface area contributed by atoms with Crippen molar-refractivity contribution >= 4 is 11.6 Å². The number of ether oxygens (including phenoxy) is 1. The number of hydrogen-bond acceptors (Lipinski definition) is 4. The van der Waals surface area contributed by atoms with E-state index in [1.165, 1.54) is 0 Å². The lowest BCUT2D eigenvalue weighted by Crippen LogP contribution is -2.35. The summed E-state index contributed by atoms with van der Waals surface area (Å²) in [6.45, 7) is 3.62. The fourth-order valence-electron chi connectivity index (χ4n) is 1.56. The van der Waals surface area contributed by atoms with E-state index >= 15 is 0 Å². The predicted molar refractivity (Wildman–Crippen MR) is 77.3 cm³/mol. The summed E-state index contributed by atoms with van der Waals surface area (Å²) >= 11 is 0. The van der Waals surface area contributed by atoms with Crippen molar-refractivity contribution in [1.82, 2.24) is 10.2 Å². The summed E-state index contributed by atoms with van der Waals surface area (Å²) in [6, 6.07) is 9.46. The maximum absolute atomic E-state index is 11.6. The zero-order valence-corrected chi connectivity index (χ0v) is 11.7. The van der Waals surface area contributed by atoms with Crippen LogP contribution in [0.5, 0.6) is 0 Å². The molecule has 1 rings (SSSR count). The molecule has 0 heterocycles. The average molecular weight is 265 g/mol. The summed E-state index contributed by atoms with van der Waals surface area (Å²) in [7, 11) is 3.73. The SMILES string of the molecule is COCCN(C)CCNCC(=O)Nc1ccccc1. The lowest BCUT2D eigenvalue weighted by molar-refractivity contribution is -0.115. The second kappa shape index (κ2) is 9.49. The van der Waals surface area contributed by atoms with Crippen molar-refractivity contribution in [3.63, 3.8) is 0 Å². The van der Waals surface area contributed by atoms with Gasteiger partial charge in [-0.15, -0.1) is 0 Å². The highest BCUT2D eigenvalue weighted by atomic mass is 16.5. The van der Waals surface area contributed by atoms with E-state index in [1.54, 1.807) is 7.11 Å². The van der Waals surface area contributed by atoms with Gasteiger partial charge in [-0.2, -0.15) is 0 Å². The molecule has 0 fully saturated rings. The summed E-state index contributed by atoms with van der Waals surface area (Å²) < 4.78 is 5.00. The molecule has 1 amide bonds. The van der Waals surface area contributed by atoms with Crippen molar-refractivity contribution in [1.29, 1.82) is 0 Å². The number of para-hydroxylation sites is 1. The third-order valence-electron chi connectivity index (χ3n) is 2.69. The van der Waals surface area contributed by atoms with Crippen molar-refractivity contribution in [2.45, 2.75) is 0 Å². The molecule has 0 bridgehead atoms. The van der Waals surface area contributed by atoms with Crippen molar-refractivity contribution < 1.29 is 9.53 Å². The molecule has 0 aliphatic carbocycles.